The maximum atomic E-state index is 10.8. The monoisotopic (exact) mass is 193 g/mol. The highest BCUT2D eigenvalue weighted by atomic mass is 35.5. The Morgan fingerprint density at radius 1 is 1.33 bits per heavy atom. The van der Waals surface area contributed by atoms with Crippen LogP contribution in [0.25, 0.3) is 0 Å². The summed E-state index contributed by atoms with van der Waals surface area (Å²) in [6, 6.07) is 0.356. The average Bonchev–Trinajstić information content (AvgIpc) is 1.98. The summed E-state index contributed by atoms with van der Waals surface area (Å²) >= 11 is 5.30. The molecule has 0 saturated heterocycles. The minimum atomic E-state index is -0.404. The molecule has 0 atom stereocenters. The van der Waals surface area contributed by atoms with Crippen molar-refractivity contribution in [3.63, 3.8) is 0 Å². The first kappa shape index (κ1) is 11.7. The van der Waals surface area contributed by atoms with Crippen LogP contribution >= 0.6 is 11.6 Å². The Hall–Kier alpha value is -0.280. The van der Waals surface area contributed by atoms with E-state index >= 15 is 0 Å². The molecule has 0 saturated carbocycles. The van der Waals surface area contributed by atoms with Gasteiger partial charge in [-0.3, -0.25) is 0 Å². The van der Waals surface area contributed by atoms with Crippen LogP contribution in [0.5, 0.6) is 0 Å². The Labute approximate surface area is 78.6 Å². The zero-order valence-corrected chi connectivity index (χ0v) is 8.76. The van der Waals surface area contributed by atoms with Crippen molar-refractivity contribution in [3.05, 3.63) is 0 Å². The number of halogens is 1. The number of rotatable bonds is 4. The summed E-state index contributed by atoms with van der Waals surface area (Å²) in [5.74, 6) is -0.505. The van der Waals surface area contributed by atoms with Crippen molar-refractivity contribution < 1.29 is 9.63 Å². The molecular formula is C8H16ClNO2. The molecule has 0 N–H and O–H groups in total. The first-order valence-corrected chi connectivity index (χ1v) is 4.57. The molecule has 0 aliphatic rings. The Balaban J connectivity index is 4.05. The van der Waals surface area contributed by atoms with Gasteiger partial charge >= 0.3 is 5.97 Å². The van der Waals surface area contributed by atoms with Crippen LogP contribution in [0, 0.1) is 0 Å². The number of alkyl halides is 1. The van der Waals surface area contributed by atoms with Gasteiger partial charge in [0, 0.05) is 12.1 Å². The molecule has 0 bridgehead atoms. The third-order valence-electron chi connectivity index (χ3n) is 1.33. The predicted molar refractivity (Wildman–Crippen MR) is 48.9 cm³/mol. The van der Waals surface area contributed by atoms with Gasteiger partial charge in [-0.15, -0.1) is 16.7 Å². The molecule has 0 radical (unpaired) electrons. The molecular weight excluding hydrogens is 178 g/mol. The molecule has 0 fully saturated rings. The fraction of sp³-hybridized carbons (Fsp3) is 0.875. The second-order valence-corrected chi connectivity index (χ2v) is 3.41. The van der Waals surface area contributed by atoms with Crippen molar-refractivity contribution in [1.82, 2.24) is 5.06 Å². The molecule has 0 rings (SSSR count). The van der Waals surface area contributed by atoms with Crippen molar-refractivity contribution in [2.75, 3.05) is 5.88 Å². The number of hydrogen-bond donors (Lipinski definition) is 0. The van der Waals surface area contributed by atoms with E-state index in [-0.39, 0.29) is 18.0 Å². The molecule has 0 aromatic rings. The van der Waals surface area contributed by atoms with E-state index in [1.165, 1.54) is 0 Å². The van der Waals surface area contributed by atoms with Gasteiger partial charge in [0.15, 0.2) is 0 Å². The second kappa shape index (κ2) is 5.38. The summed E-state index contributed by atoms with van der Waals surface area (Å²) in [7, 11) is 0. The predicted octanol–water partition coefficient (Wildman–Crippen LogP) is 1.80. The molecule has 0 unspecified atom stereocenters. The van der Waals surface area contributed by atoms with Crippen molar-refractivity contribution in [1.29, 1.82) is 0 Å². The SMILES string of the molecule is CC(C)N(OC(=O)CCl)C(C)C. The van der Waals surface area contributed by atoms with Gasteiger partial charge in [-0.05, 0) is 27.7 Å². The lowest BCUT2D eigenvalue weighted by Gasteiger charge is -2.27. The van der Waals surface area contributed by atoms with E-state index in [1.807, 2.05) is 27.7 Å². The van der Waals surface area contributed by atoms with E-state index in [1.54, 1.807) is 5.06 Å². The summed E-state index contributed by atoms with van der Waals surface area (Å²) < 4.78 is 0. The summed E-state index contributed by atoms with van der Waals surface area (Å²) in [6.45, 7) is 7.84. The van der Waals surface area contributed by atoms with Gasteiger partial charge in [-0.1, -0.05) is 0 Å². The molecule has 12 heavy (non-hydrogen) atoms. The largest absolute Gasteiger partial charge is 0.366 e. The van der Waals surface area contributed by atoms with Crippen LogP contribution in [0.1, 0.15) is 27.7 Å². The standard InChI is InChI=1S/C8H16ClNO2/c1-6(2)10(7(3)4)12-8(11)5-9/h6-7H,5H2,1-4H3. The summed E-state index contributed by atoms with van der Waals surface area (Å²) in [4.78, 5) is 15.8. The number of carbonyl (C=O) groups is 1. The number of nitrogens with zero attached hydrogens (tertiary/aromatic N) is 1. The van der Waals surface area contributed by atoms with Crippen molar-refractivity contribution in [3.8, 4) is 0 Å². The van der Waals surface area contributed by atoms with Crippen LogP contribution in [0.15, 0.2) is 0 Å². The molecule has 0 aromatic heterocycles. The lowest BCUT2D eigenvalue weighted by molar-refractivity contribution is -0.206. The second-order valence-electron chi connectivity index (χ2n) is 3.14. The van der Waals surface area contributed by atoms with Gasteiger partial charge < -0.3 is 4.84 Å². The van der Waals surface area contributed by atoms with Crippen LogP contribution in [0.2, 0.25) is 0 Å². The van der Waals surface area contributed by atoms with Crippen LogP contribution in [-0.4, -0.2) is 29.0 Å². The maximum absolute atomic E-state index is 10.8. The van der Waals surface area contributed by atoms with E-state index in [0.717, 1.165) is 0 Å². The number of hydroxylamine groups is 2. The van der Waals surface area contributed by atoms with E-state index in [4.69, 9.17) is 16.4 Å². The van der Waals surface area contributed by atoms with Gasteiger partial charge in [0.25, 0.3) is 0 Å². The third kappa shape index (κ3) is 3.93. The molecule has 0 aliphatic heterocycles. The Morgan fingerprint density at radius 3 is 2.00 bits per heavy atom. The van der Waals surface area contributed by atoms with Gasteiger partial charge in [-0.25, -0.2) is 4.79 Å². The highest BCUT2D eigenvalue weighted by molar-refractivity contribution is 6.26. The minimum absolute atomic E-state index is 0.101. The Kier molecular flexibility index (Phi) is 5.25. The summed E-state index contributed by atoms with van der Waals surface area (Å²) in [5, 5.41) is 1.63. The van der Waals surface area contributed by atoms with Crippen molar-refractivity contribution in [2.45, 2.75) is 39.8 Å². The van der Waals surface area contributed by atoms with Crippen molar-refractivity contribution in [2.24, 2.45) is 0 Å². The van der Waals surface area contributed by atoms with E-state index in [2.05, 4.69) is 0 Å². The Morgan fingerprint density at radius 2 is 1.75 bits per heavy atom. The molecule has 3 nitrogen and oxygen atoms in total. The normalized spacial score (nSPS) is 11.3. The van der Waals surface area contributed by atoms with E-state index in [0.29, 0.717) is 0 Å². The number of carbonyl (C=O) groups excluding carboxylic acids is 1. The van der Waals surface area contributed by atoms with Gasteiger partial charge in [0.2, 0.25) is 0 Å². The average molecular weight is 194 g/mol. The lowest BCUT2D eigenvalue weighted by Crippen LogP contribution is -2.39. The van der Waals surface area contributed by atoms with Crippen LogP contribution in [0.3, 0.4) is 0 Å². The zero-order chi connectivity index (χ0) is 9.72. The molecule has 0 aliphatic carbocycles. The maximum Gasteiger partial charge on any atom is 0.339 e. The first-order valence-electron chi connectivity index (χ1n) is 4.04. The molecule has 0 amide bonds. The summed E-state index contributed by atoms with van der Waals surface area (Å²) in [5.41, 5.74) is 0. The lowest BCUT2D eigenvalue weighted by atomic mass is 10.3. The van der Waals surface area contributed by atoms with Crippen molar-refractivity contribution >= 4 is 17.6 Å². The molecule has 0 heterocycles. The van der Waals surface area contributed by atoms with Gasteiger partial charge in [-0.2, -0.15) is 0 Å². The molecule has 0 aromatic carbocycles. The fourth-order valence-corrected chi connectivity index (χ4v) is 0.998. The molecule has 72 valence electrons. The van der Waals surface area contributed by atoms with Gasteiger partial charge in [0.1, 0.15) is 5.88 Å². The third-order valence-corrected chi connectivity index (χ3v) is 1.55. The number of hydrogen-bond acceptors (Lipinski definition) is 3. The van der Waals surface area contributed by atoms with E-state index in [9.17, 15) is 4.79 Å². The zero-order valence-electron chi connectivity index (χ0n) is 8.00. The minimum Gasteiger partial charge on any atom is -0.366 e. The summed E-state index contributed by atoms with van der Waals surface area (Å²) in [6.07, 6.45) is 0. The van der Waals surface area contributed by atoms with Crippen LogP contribution in [-0.2, 0) is 9.63 Å². The fourth-order valence-electron chi connectivity index (χ4n) is 0.949. The molecule has 0 spiro atoms. The van der Waals surface area contributed by atoms with Crippen LogP contribution < -0.4 is 0 Å². The molecule has 4 heteroatoms. The topological polar surface area (TPSA) is 29.5 Å². The Bertz CT molecular complexity index is 140. The highest BCUT2D eigenvalue weighted by Gasteiger charge is 2.17. The highest BCUT2D eigenvalue weighted by Crippen LogP contribution is 2.05. The van der Waals surface area contributed by atoms with E-state index < -0.39 is 5.97 Å². The quantitative estimate of drug-likeness (QED) is 0.504. The van der Waals surface area contributed by atoms with Gasteiger partial charge in [0.05, 0.1) is 0 Å². The smallest absolute Gasteiger partial charge is 0.339 e. The first-order chi connectivity index (χ1) is 5.49. The van der Waals surface area contributed by atoms with Crippen LogP contribution in [0.4, 0.5) is 0 Å².